The average molecular weight is 453 g/mol. The van der Waals surface area contributed by atoms with E-state index in [1.165, 1.54) is 44.2 Å². The summed E-state index contributed by atoms with van der Waals surface area (Å²) in [4.78, 5) is 28.4. The number of ketones is 1. The standard InChI is InChI=1S/C27H36N2O4/c1-17(30)23-10-11-24-22-9-4-18-16-19(28-33-21-7-5-20(6-8-21)29(31)32)12-14-26(18,2)25(22)13-15-27(23,24)3/h5-8,18,22-25H,4,9-16H2,1-3H3/b28-19+/t18-,22-,23+,24-,25-,26-,27+/m0/s1. The lowest BCUT2D eigenvalue weighted by Gasteiger charge is -2.60. The van der Waals surface area contributed by atoms with E-state index in [1.807, 2.05) is 6.92 Å². The van der Waals surface area contributed by atoms with Crippen molar-refractivity contribution in [1.82, 2.24) is 0 Å². The van der Waals surface area contributed by atoms with Crippen molar-refractivity contribution in [2.45, 2.75) is 78.6 Å². The Morgan fingerprint density at radius 3 is 2.45 bits per heavy atom. The number of nitro groups is 1. The normalized spacial score (nSPS) is 41.1. The fraction of sp³-hybridized carbons (Fsp3) is 0.704. The molecule has 0 heterocycles. The monoisotopic (exact) mass is 452 g/mol. The van der Waals surface area contributed by atoms with Crippen molar-refractivity contribution < 1.29 is 14.6 Å². The van der Waals surface area contributed by atoms with Gasteiger partial charge in [-0.1, -0.05) is 19.0 Å². The van der Waals surface area contributed by atoms with Gasteiger partial charge in [-0.2, -0.15) is 0 Å². The van der Waals surface area contributed by atoms with Gasteiger partial charge in [0, 0.05) is 18.1 Å². The minimum Gasteiger partial charge on any atom is -0.357 e. The summed E-state index contributed by atoms with van der Waals surface area (Å²) >= 11 is 0. The van der Waals surface area contributed by atoms with E-state index in [0.29, 0.717) is 28.8 Å². The summed E-state index contributed by atoms with van der Waals surface area (Å²) in [5, 5.41) is 15.3. The lowest BCUT2D eigenvalue weighted by Crippen LogP contribution is -2.53. The molecule has 0 spiro atoms. The number of nitrogens with zero attached hydrogens (tertiary/aromatic N) is 2. The average Bonchev–Trinajstić information content (AvgIpc) is 3.15. The van der Waals surface area contributed by atoms with Gasteiger partial charge >= 0.3 is 0 Å². The van der Waals surface area contributed by atoms with Gasteiger partial charge < -0.3 is 4.84 Å². The molecule has 7 atom stereocenters. The zero-order valence-corrected chi connectivity index (χ0v) is 20.1. The molecule has 6 nitrogen and oxygen atoms in total. The number of nitro benzene ring substituents is 1. The Labute approximate surface area is 196 Å². The fourth-order valence-corrected chi connectivity index (χ4v) is 8.56. The molecule has 0 saturated heterocycles. The molecule has 33 heavy (non-hydrogen) atoms. The number of non-ortho nitro benzene ring substituents is 1. The number of rotatable bonds is 4. The molecule has 0 radical (unpaired) electrons. The van der Waals surface area contributed by atoms with Crippen LogP contribution < -0.4 is 4.84 Å². The van der Waals surface area contributed by atoms with Crippen molar-refractivity contribution in [3.05, 3.63) is 34.4 Å². The summed E-state index contributed by atoms with van der Waals surface area (Å²) < 4.78 is 0. The van der Waals surface area contributed by atoms with Crippen LogP contribution in [-0.4, -0.2) is 16.4 Å². The Bertz CT molecular complexity index is 973. The maximum atomic E-state index is 12.3. The highest BCUT2D eigenvalue weighted by Gasteiger charge is 2.60. The highest BCUT2D eigenvalue weighted by atomic mass is 16.6. The first-order valence-corrected chi connectivity index (χ1v) is 12.7. The Morgan fingerprint density at radius 1 is 1.03 bits per heavy atom. The highest BCUT2D eigenvalue weighted by Crippen LogP contribution is 2.67. The Morgan fingerprint density at radius 2 is 1.76 bits per heavy atom. The Kier molecular flexibility index (Phi) is 5.61. The molecule has 4 saturated carbocycles. The molecule has 6 heteroatoms. The molecule has 1 aromatic carbocycles. The van der Waals surface area contributed by atoms with Crippen LogP contribution >= 0.6 is 0 Å². The van der Waals surface area contributed by atoms with E-state index in [1.54, 1.807) is 12.1 Å². The molecule has 0 amide bonds. The van der Waals surface area contributed by atoms with E-state index in [9.17, 15) is 14.9 Å². The van der Waals surface area contributed by atoms with Gasteiger partial charge in [-0.3, -0.25) is 14.9 Å². The minimum absolute atomic E-state index is 0.0562. The minimum atomic E-state index is -0.409. The molecule has 0 N–H and O–H groups in total. The summed E-state index contributed by atoms with van der Waals surface area (Å²) in [5.41, 5.74) is 1.74. The Balaban J connectivity index is 1.27. The van der Waals surface area contributed by atoms with Crippen molar-refractivity contribution in [2.75, 3.05) is 0 Å². The number of fused-ring (bicyclic) bond motifs is 5. The van der Waals surface area contributed by atoms with Crippen LogP contribution in [-0.2, 0) is 4.79 Å². The maximum Gasteiger partial charge on any atom is 0.269 e. The van der Waals surface area contributed by atoms with Crippen LogP contribution in [0.3, 0.4) is 0 Å². The lowest BCUT2D eigenvalue weighted by atomic mass is 9.44. The number of Topliss-reactive ketones (excluding diaryl/α,β-unsaturated/α-hetero) is 1. The van der Waals surface area contributed by atoms with Gasteiger partial charge in [0.2, 0.25) is 0 Å². The lowest BCUT2D eigenvalue weighted by molar-refractivity contribution is -0.384. The molecule has 5 rings (SSSR count). The van der Waals surface area contributed by atoms with E-state index >= 15 is 0 Å². The molecule has 4 fully saturated rings. The largest absolute Gasteiger partial charge is 0.357 e. The third-order valence-electron chi connectivity index (χ3n) is 10.3. The SMILES string of the molecule is CC(=O)[C@H]1CC[C@H]2[C@@H]3CC[C@H]4C/C(=N/Oc5ccc([N+](=O)[O-])cc5)CC[C@]4(C)[C@H]3CC[C@]12C. The van der Waals surface area contributed by atoms with E-state index in [2.05, 4.69) is 19.0 Å². The molecular formula is C27H36N2O4. The predicted octanol–water partition coefficient (Wildman–Crippen LogP) is 6.58. The summed E-state index contributed by atoms with van der Waals surface area (Å²) in [6, 6.07) is 6.11. The molecule has 0 bridgehead atoms. The maximum absolute atomic E-state index is 12.3. The van der Waals surface area contributed by atoms with Crippen LogP contribution in [0.2, 0.25) is 0 Å². The van der Waals surface area contributed by atoms with Crippen LogP contribution in [0.1, 0.15) is 78.6 Å². The third-order valence-corrected chi connectivity index (χ3v) is 10.3. The number of carbonyl (C=O) groups excluding carboxylic acids is 1. The summed E-state index contributed by atoms with van der Waals surface area (Å²) in [6.45, 7) is 6.76. The number of hydrogen-bond donors (Lipinski definition) is 0. The van der Waals surface area contributed by atoms with Gasteiger partial charge in [0.25, 0.3) is 5.69 Å². The molecular weight excluding hydrogens is 416 g/mol. The van der Waals surface area contributed by atoms with Gasteiger partial charge in [0.1, 0.15) is 5.78 Å². The first-order chi connectivity index (χ1) is 15.7. The van der Waals surface area contributed by atoms with E-state index < -0.39 is 4.92 Å². The number of oxime groups is 1. The first kappa shape index (κ1) is 22.5. The number of benzene rings is 1. The zero-order valence-electron chi connectivity index (χ0n) is 20.1. The van der Waals surface area contributed by atoms with Crippen LogP contribution in [0.25, 0.3) is 0 Å². The van der Waals surface area contributed by atoms with E-state index in [-0.39, 0.29) is 17.0 Å². The van der Waals surface area contributed by atoms with Gasteiger partial charge in [-0.15, -0.1) is 0 Å². The quantitative estimate of drug-likeness (QED) is 0.382. The molecule has 0 aromatic heterocycles. The van der Waals surface area contributed by atoms with Crippen molar-refractivity contribution in [3.63, 3.8) is 0 Å². The molecule has 4 aliphatic carbocycles. The topological polar surface area (TPSA) is 81.8 Å². The van der Waals surface area contributed by atoms with Crippen LogP contribution in [0.15, 0.2) is 29.4 Å². The molecule has 178 valence electrons. The number of carbonyl (C=O) groups is 1. The fourth-order valence-electron chi connectivity index (χ4n) is 8.56. The van der Waals surface area contributed by atoms with Gasteiger partial charge in [-0.05, 0) is 111 Å². The second-order valence-electron chi connectivity index (χ2n) is 11.6. The first-order valence-electron chi connectivity index (χ1n) is 12.7. The van der Waals surface area contributed by atoms with E-state index in [0.717, 1.165) is 43.2 Å². The smallest absolute Gasteiger partial charge is 0.269 e. The van der Waals surface area contributed by atoms with Gasteiger partial charge in [0.15, 0.2) is 5.75 Å². The van der Waals surface area contributed by atoms with Crippen molar-refractivity contribution in [2.24, 2.45) is 45.6 Å². The second kappa shape index (κ2) is 8.21. The second-order valence-corrected chi connectivity index (χ2v) is 11.6. The molecule has 0 aliphatic heterocycles. The van der Waals surface area contributed by atoms with Crippen molar-refractivity contribution in [3.8, 4) is 5.75 Å². The van der Waals surface area contributed by atoms with E-state index in [4.69, 9.17) is 4.84 Å². The highest BCUT2D eigenvalue weighted by molar-refractivity contribution is 5.85. The van der Waals surface area contributed by atoms with Crippen molar-refractivity contribution in [1.29, 1.82) is 0 Å². The summed E-state index contributed by atoms with van der Waals surface area (Å²) in [6.07, 6.45) is 10.4. The van der Waals surface area contributed by atoms with Crippen LogP contribution in [0, 0.1) is 50.5 Å². The molecule has 4 aliphatic rings. The zero-order chi connectivity index (χ0) is 23.4. The van der Waals surface area contributed by atoms with Crippen LogP contribution in [0.4, 0.5) is 5.69 Å². The van der Waals surface area contributed by atoms with Crippen LogP contribution in [0.5, 0.6) is 5.75 Å². The summed E-state index contributed by atoms with van der Waals surface area (Å²) in [5.74, 6) is 4.10. The molecule has 0 unspecified atom stereocenters. The van der Waals surface area contributed by atoms with Crippen molar-refractivity contribution >= 4 is 17.2 Å². The Hall–Kier alpha value is -2.24. The number of hydrogen-bond acceptors (Lipinski definition) is 5. The van der Waals surface area contributed by atoms with Gasteiger partial charge in [-0.25, -0.2) is 0 Å². The third kappa shape index (κ3) is 3.70. The summed E-state index contributed by atoms with van der Waals surface area (Å²) in [7, 11) is 0. The molecule has 1 aromatic rings. The van der Waals surface area contributed by atoms with Gasteiger partial charge in [0.05, 0.1) is 10.6 Å². The predicted molar refractivity (Wildman–Crippen MR) is 127 cm³/mol.